The Hall–Kier alpha value is -2.89. The number of hydrogen-bond donors (Lipinski definition) is 2. The Morgan fingerprint density at radius 1 is 1.10 bits per heavy atom. The number of para-hydroxylation sites is 1. The van der Waals surface area contributed by atoms with Gasteiger partial charge >= 0.3 is 0 Å². The van der Waals surface area contributed by atoms with Crippen molar-refractivity contribution in [2.45, 2.75) is 13.8 Å². The lowest BCUT2D eigenvalue weighted by atomic mass is 10.2. The van der Waals surface area contributed by atoms with Crippen LogP contribution in [0.4, 0.5) is 11.4 Å². The highest BCUT2D eigenvalue weighted by molar-refractivity contribution is 5.51. The quantitative estimate of drug-likeness (QED) is 0.477. The van der Waals surface area contributed by atoms with Crippen LogP contribution in [0.3, 0.4) is 0 Å². The molecular weight excluding hydrogens is 272 g/mol. The molecule has 0 unspecified atom stereocenters. The molecule has 0 saturated carbocycles. The van der Waals surface area contributed by atoms with Crippen LogP contribution < -0.4 is 5.73 Å². The van der Waals surface area contributed by atoms with Gasteiger partial charge in [0.25, 0.3) is 5.69 Å². The molecule has 21 heavy (non-hydrogen) atoms. The summed E-state index contributed by atoms with van der Waals surface area (Å²) in [6, 6.07) is 11.6. The van der Waals surface area contributed by atoms with Crippen LogP contribution in [0.25, 0.3) is 0 Å². The summed E-state index contributed by atoms with van der Waals surface area (Å²) in [6.45, 7) is 5.61. The number of nitrogens with zero attached hydrogens (tertiary/aromatic N) is 1. The minimum absolute atomic E-state index is 0.0803. The van der Waals surface area contributed by atoms with Gasteiger partial charge in [0.15, 0.2) is 0 Å². The molecule has 0 aliphatic heterocycles. The second kappa shape index (κ2) is 9.08. The fourth-order valence-corrected chi connectivity index (χ4v) is 1.34. The minimum atomic E-state index is -0.438. The number of phenolic OH excluding ortho intramolecular Hbond substituents is 1. The van der Waals surface area contributed by atoms with E-state index in [1.165, 1.54) is 18.2 Å². The van der Waals surface area contributed by atoms with Gasteiger partial charge in [-0.1, -0.05) is 18.2 Å². The molecule has 2 aromatic carbocycles. The number of non-ortho nitro benzene ring substituents is 1. The Morgan fingerprint density at radius 2 is 1.67 bits per heavy atom. The summed E-state index contributed by atoms with van der Waals surface area (Å²) >= 11 is 0. The predicted molar refractivity (Wildman–Crippen MR) is 82.2 cm³/mol. The zero-order valence-electron chi connectivity index (χ0n) is 11.9. The number of rotatable bonds is 1. The molecule has 0 atom stereocenters. The topological polar surface area (TPSA) is 106 Å². The summed E-state index contributed by atoms with van der Waals surface area (Å²) in [4.78, 5) is 17.8. The van der Waals surface area contributed by atoms with E-state index in [4.69, 9.17) is 15.6 Å². The van der Waals surface area contributed by atoms with Crippen molar-refractivity contribution in [2.24, 2.45) is 0 Å². The van der Waals surface area contributed by atoms with E-state index >= 15 is 0 Å². The number of nitro benzene ring substituents is 1. The van der Waals surface area contributed by atoms with Gasteiger partial charge in [-0.2, -0.15) is 0 Å². The molecule has 6 nitrogen and oxygen atoms in total. The minimum Gasteiger partial charge on any atom is -0.508 e. The van der Waals surface area contributed by atoms with Gasteiger partial charge in [0.05, 0.1) is 4.92 Å². The van der Waals surface area contributed by atoms with Crippen LogP contribution in [-0.2, 0) is 4.79 Å². The van der Waals surface area contributed by atoms with Crippen LogP contribution in [-0.4, -0.2) is 16.8 Å². The molecule has 0 bridgehead atoms. The van der Waals surface area contributed by atoms with Crippen LogP contribution in [0, 0.1) is 24.0 Å². The molecule has 3 N–H and O–H groups in total. The van der Waals surface area contributed by atoms with E-state index < -0.39 is 4.92 Å². The number of nitrogens with two attached hydrogens (primary N) is 1. The molecule has 0 amide bonds. The molecule has 2 rings (SSSR count). The van der Waals surface area contributed by atoms with Gasteiger partial charge in [-0.15, -0.1) is 0 Å². The fourth-order valence-electron chi connectivity index (χ4n) is 1.34. The first kappa shape index (κ1) is 18.1. The summed E-state index contributed by atoms with van der Waals surface area (Å²) in [7, 11) is 0. The number of aromatic hydroxyl groups is 1. The molecule has 6 heteroatoms. The molecule has 2 aromatic rings. The first-order chi connectivity index (χ1) is 9.91. The second-order valence-corrected chi connectivity index (χ2v) is 4.08. The molecule has 0 heterocycles. The molecule has 0 saturated heterocycles. The lowest BCUT2D eigenvalue weighted by Crippen LogP contribution is -1.92. The third kappa shape index (κ3) is 6.20. The maximum atomic E-state index is 10.2. The summed E-state index contributed by atoms with van der Waals surface area (Å²) < 4.78 is 0. The molecule has 112 valence electrons. The highest BCUT2D eigenvalue weighted by Crippen LogP contribution is 2.17. The second-order valence-electron chi connectivity index (χ2n) is 4.08. The maximum absolute atomic E-state index is 10.2. The van der Waals surface area contributed by atoms with Crippen molar-refractivity contribution < 1.29 is 14.8 Å². The Labute approximate surface area is 123 Å². The first-order valence-electron chi connectivity index (χ1n) is 5.96. The lowest BCUT2D eigenvalue weighted by Gasteiger charge is -1.97. The van der Waals surface area contributed by atoms with E-state index in [1.54, 1.807) is 13.0 Å². The van der Waals surface area contributed by atoms with Crippen molar-refractivity contribution in [3.63, 3.8) is 0 Å². The molecule has 0 aliphatic carbocycles. The maximum Gasteiger partial charge on any atom is 0.269 e. The van der Waals surface area contributed by atoms with Gasteiger partial charge < -0.3 is 15.6 Å². The molecule has 0 aliphatic rings. The summed E-state index contributed by atoms with van der Waals surface area (Å²) in [6.07, 6.45) is 0. The number of aryl methyl sites for hydroxylation is 2. The van der Waals surface area contributed by atoms with E-state index in [9.17, 15) is 10.1 Å². The molecular formula is C15H18N2O4. The summed E-state index contributed by atoms with van der Waals surface area (Å²) in [5, 5.41) is 19.1. The van der Waals surface area contributed by atoms with E-state index in [0.29, 0.717) is 11.4 Å². The van der Waals surface area contributed by atoms with Crippen molar-refractivity contribution in [3.05, 3.63) is 63.7 Å². The molecule has 0 aromatic heterocycles. The zero-order valence-corrected chi connectivity index (χ0v) is 11.9. The SMILES string of the molecule is C=O.Cc1cc([N+](=O)[O-])ccc1N.Cc1ccccc1O. The van der Waals surface area contributed by atoms with Crippen molar-refractivity contribution in [2.75, 3.05) is 5.73 Å². The zero-order chi connectivity index (χ0) is 16.4. The smallest absolute Gasteiger partial charge is 0.269 e. The van der Waals surface area contributed by atoms with E-state index in [1.807, 2.05) is 31.9 Å². The highest BCUT2D eigenvalue weighted by atomic mass is 16.6. The Balaban J connectivity index is 0.000000354. The van der Waals surface area contributed by atoms with Crippen LogP contribution in [0.15, 0.2) is 42.5 Å². The lowest BCUT2D eigenvalue weighted by molar-refractivity contribution is -0.384. The molecule has 0 fully saturated rings. The third-order valence-electron chi connectivity index (χ3n) is 2.58. The van der Waals surface area contributed by atoms with Gasteiger partial charge in [0.2, 0.25) is 0 Å². The van der Waals surface area contributed by atoms with Gasteiger partial charge in [0, 0.05) is 17.8 Å². The van der Waals surface area contributed by atoms with Crippen LogP contribution in [0.5, 0.6) is 5.75 Å². The van der Waals surface area contributed by atoms with Crippen molar-refractivity contribution in [3.8, 4) is 5.75 Å². The van der Waals surface area contributed by atoms with Crippen LogP contribution >= 0.6 is 0 Å². The van der Waals surface area contributed by atoms with Crippen molar-refractivity contribution >= 4 is 18.2 Å². The molecule has 0 radical (unpaired) electrons. The van der Waals surface area contributed by atoms with E-state index in [0.717, 1.165) is 11.1 Å². The van der Waals surface area contributed by atoms with E-state index in [-0.39, 0.29) is 5.69 Å². The van der Waals surface area contributed by atoms with Gasteiger partial charge in [-0.3, -0.25) is 10.1 Å². The summed E-state index contributed by atoms with van der Waals surface area (Å²) in [5.41, 5.74) is 7.78. The van der Waals surface area contributed by atoms with E-state index in [2.05, 4.69) is 0 Å². The number of benzene rings is 2. The Morgan fingerprint density at radius 3 is 2.05 bits per heavy atom. The fraction of sp³-hybridized carbons (Fsp3) is 0.133. The average molecular weight is 290 g/mol. The number of nitrogen functional groups attached to an aromatic ring is 1. The van der Waals surface area contributed by atoms with Crippen molar-refractivity contribution in [1.29, 1.82) is 0 Å². The monoisotopic (exact) mass is 290 g/mol. The number of anilines is 1. The first-order valence-corrected chi connectivity index (χ1v) is 5.96. The van der Waals surface area contributed by atoms with Crippen LogP contribution in [0.2, 0.25) is 0 Å². The average Bonchev–Trinajstić information content (AvgIpc) is 2.48. The summed E-state index contributed by atoms with van der Waals surface area (Å²) in [5.74, 6) is 0.368. The highest BCUT2D eigenvalue weighted by Gasteiger charge is 2.04. The van der Waals surface area contributed by atoms with Crippen molar-refractivity contribution in [1.82, 2.24) is 0 Å². The number of nitro groups is 1. The largest absolute Gasteiger partial charge is 0.508 e. The normalized spacial score (nSPS) is 8.67. The number of hydrogen-bond acceptors (Lipinski definition) is 5. The third-order valence-corrected chi connectivity index (χ3v) is 2.58. The number of carbonyl (C=O) groups excluding carboxylic acids is 1. The van der Waals surface area contributed by atoms with Gasteiger partial charge in [-0.05, 0) is 37.1 Å². The Kier molecular flexibility index (Phi) is 7.83. The number of phenols is 1. The van der Waals surface area contributed by atoms with Crippen LogP contribution in [0.1, 0.15) is 11.1 Å². The number of carbonyl (C=O) groups is 1. The predicted octanol–water partition coefficient (Wildman–Crippen LogP) is 3.00. The molecule has 0 spiro atoms. The van der Waals surface area contributed by atoms with Gasteiger partial charge in [-0.25, -0.2) is 0 Å². The van der Waals surface area contributed by atoms with Gasteiger partial charge in [0.1, 0.15) is 12.5 Å². The standard InChI is InChI=1S/C7H8N2O2.C7H8O.CH2O/c1-5-4-6(9(10)11)2-3-7(5)8;1-6-4-2-3-5-7(6)8;1-2/h2-4H,8H2,1H3;2-5,8H,1H3;1H2. The Bertz CT molecular complexity index is 579.